The summed E-state index contributed by atoms with van der Waals surface area (Å²) in [5, 5.41) is 4.65. The van der Waals surface area contributed by atoms with E-state index in [9.17, 15) is 4.79 Å². The van der Waals surface area contributed by atoms with Crippen LogP contribution in [0.1, 0.15) is 18.4 Å². The maximum atomic E-state index is 12.7. The predicted molar refractivity (Wildman–Crippen MR) is 116 cm³/mol. The number of rotatable bonds is 8. The molecule has 31 heavy (non-hydrogen) atoms. The van der Waals surface area contributed by atoms with Crippen LogP contribution in [-0.2, 0) is 11.3 Å². The average Bonchev–Trinajstić information content (AvgIpc) is 3.23. The minimum absolute atomic E-state index is 0.137. The molecule has 0 N–H and O–H groups in total. The molecule has 0 unspecified atom stereocenters. The lowest BCUT2D eigenvalue weighted by molar-refractivity contribution is -0.137. The van der Waals surface area contributed by atoms with Crippen molar-refractivity contribution in [3.63, 3.8) is 0 Å². The van der Waals surface area contributed by atoms with E-state index < -0.39 is 6.10 Å². The Morgan fingerprint density at radius 3 is 2.58 bits per heavy atom. The Labute approximate surface area is 185 Å². The Hall–Kier alpha value is -3.26. The van der Waals surface area contributed by atoms with Crippen LogP contribution in [-0.4, -0.2) is 48.3 Å². The lowest BCUT2D eigenvalue weighted by atomic mass is 10.2. The Balaban J connectivity index is 1.67. The number of benzene rings is 2. The molecule has 0 aliphatic carbocycles. The van der Waals surface area contributed by atoms with Gasteiger partial charge in [-0.05, 0) is 49.7 Å². The monoisotopic (exact) mass is 445 g/mol. The second-order valence-corrected chi connectivity index (χ2v) is 7.35. The van der Waals surface area contributed by atoms with Crippen LogP contribution in [0.5, 0.6) is 17.2 Å². The fourth-order valence-corrected chi connectivity index (χ4v) is 3.07. The average molecular weight is 446 g/mol. The molecule has 0 fully saturated rings. The fourth-order valence-electron chi connectivity index (χ4n) is 2.95. The molecule has 1 amide bonds. The highest BCUT2D eigenvalue weighted by Crippen LogP contribution is 2.31. The number of aromatic nitrogens is 2. The van der Waals surface area contributed by atoms with Crippen LogP contribution in [0.4, 0.5) is 0 Å². The molecule has 0 bridgehead atoms. The summed E-state index contributed by atoms with van der Waals surface area (Å²) in [6.07, 6.45) is -0.699. The summed E-state index contributed by atoms with van der Waals surface area (Å²) in [6, 6.07) is 10.6. The van der Waals surface area contributed by atoms with Crippen molar-refractivity contribution in [2.45, 2.75) is 26.5 Å². The Morgan fingerprint density at radius 1 is 1.16 bits per heavy atom. The standard InChI is InChI=1S/C22H24ClN3O5/c1-13-10-16(7-9-18(13)23)30-14(2)22(27)26(3)12-20-24-21(25-31-20)17-8-6-15(28-4)11-19(17)29-5/h6-11,14H,12H2,1-5H3/t14-/m0/s1. The number of hydrogen-bond donors (Lipinski definition) is 0. The van der Waals surface area contributed by atoms with Crippen molar-refractivity contribution in [2.75, 3.05) is 21.3 Å². The first-order valence-corrected chi connectivity index (χ1v) is 9.93. The highest BCUT2D eigenvalue weighted by Gasteiger charge is 2.22. The number of nitrogens with zero attached hydrogens (tertiary/aromatic N) is 3. The first-order chi connectivity index (χ1) is 14.8. The Morgan fingerprint density at radius 2 is 1.90 bits per heavy atom. The number of carbonyl (C=O) groups excluding carboxylic acids is 1. The van der Waals surface area contributed by atoms with Crippen LogP contribution in [0, 0.1) is 6.92 Å². The minimum Gasteiger partial charge on any atom is -0.497 e. The molecule has 3 aromatic rings. The molecule has 1 atom stereocenters. The van der Waals surface area contributed by atoms with E-state index in [1.165, 1.54) is 4.90 Å². The second kappa shape index (κ2) is 9.70. The summed E-state index contributed by atoms with van der Waals surface area (Å²) in [7, 11) is 4.77. The lowest BCUT2D eigenvalue weighted by Gasteiger charge is -2.21. The van der Waals surface area contributed by atoms with Gasteiger partial charge in [-0.3, -0.25) is 4.79 Å². The van der Waals surface area contributed by atoms with E-state index in [0.29, 0.717) is 39.5 Å². The maximum absolute atomic E-state index is 12.7. The summed E-state index contributed by atoms with van der Waals surface area (Å²) in [5.41, 5.74) is 1.53. The predicted octanol–water partition coefficient (Wildman–Crippen LogP) is 4.14. The van der Waals surface area contributed by atoms with Gasteiger partial charge in [0.2, 0.25) is 11.7 Å². The van der Waals surface area contributed by atoms with Gasteiger partial charge in [0.05, 0.1) is 26.3 Å². The Bertz CT molecular complexity index is 1070. The van der Waals surface area contributed by atoms with Crippen molar-refractivity contribution in [3.05, 3.63) is 52.9 Å². The van der Waals surface area contributed by atoms with Crippen LogP contribution < -0.4 is 14.2 Å². The van der Waals surface area contributed by atoms with Gasteiger partial charge in [-0.25, -0.2) is 0 Å². The van der Waals surface area contributed by atoms with Gasteiger partial charge in [-0.1, -0.05) is 16.8 Å². The fraction of sp³-hybridized carbons (Fsp3) is 0.318. The first kappa shape index (κ1) is 22.4. The van der Waals surface area contributed by atoms with Gasteiger partial charge in [0.1, 0.15) is 17.2 Å². The third-order valence-corrected chi connectivity index (χ3v) is 5.08. The van der Waals surface area contributed by atoms with E-state index in [1.54, 1.807) is 64.6 Å². The van der Waals surface area contributed by atoms with Crippen molar-refractivity contribution in [3.8, 4) is 28.6 Å². The van der Waals surface area contributed by atoms with Crippen molar-refractivity contribution in [1.82, 2.24) is 15.0 Å². The molecule has 3 rings (SSSR count). The molecule has 164 valence electrons. The molecular weight excluding hydrogens is 422 g/mol. The smallest absolute Gasteiger partial charge is 0.263 e. The van der Waals surface area contributed by atoms with E-state index in [-0.39, 0.29) is 12.5 Å². The number of likely N-dealkylation sites (N-methyl/N-ethyl adjacent to an activating group) is 1. The van der Waals surface area contributed by atoms with Gasteiger partial charge < -0.3 is 23.6 Å². The number of amides is 1. The maximum Gasteiger partial charge on any atom is 0.263 e. The van der Waals surface area contributed by atoms with Crippen LogP contribution >= 0.6 is 11.6 Å². The normalized spacial score (nSPS) is 11.7. The van der Waals surface area contributed by atoms with Crippen LogP contribution in [0.3, 0.4) is 0 Å². The van der Waals surface area contributed by atoms with Gasteiger partial charge in [0.15, 0.2) is 6.10 Å². The topological polar surface area (TPSA) is 86.9 Å². The minimum atomic E-state index is -0.699. The molecule has 9 heteroatoms. The molecule has 8 nitrogen and oxygen atoms in total. The zero-order valence-electron chi connectivity index (χ0n) is 18.0. The molecule has 0 saturated heterocycles. The zero-order valence-corrected chi connectivity index (χ0v) is 18.8. The molecule has 0 aliphatic heterocycles. The number of methoxy groups -OCH3 is 2. The van der Waals surface area contributed by atoms with Crippen LogP contribution in [0.15, 0.2) is 40.9 Å². The van der Waals surface area contributed by atoms with Gasteiger partial charge in [-0.15, -0.1) is 0 Å². The number of ether oxygens (including phenoxy) is 3. The molecule has 0 radical (unpaired) electrons. The molecule has 0 saturated carbocycles. The van der Waals surface area contributed by atoms with Crippen LogP contribution in [0.25, 0.3) is 11.4 Å². The molecule has 0 aliphatic rings. The quantitative estimate of drug-likeness (QED) is 0.514. The zero-order chi connectivity index (χ0) is 22.5. The molecular formula is C22H24ClN3O5. The third kappa shape index (κ3) is 5.27. The highest BCUT2D eigenvalue weighted by molar-refractivity contribution is 6.31. The summed E-state index contributed by atoms with van der Waals surface area (Å²) in [6.45, 7) is 3.70. The lowest BCUT2D eigenvalue weighted by Crippen LogP contribution is -2.37. The summed E-state index contributed by atoms with van der Waals surface area (Å²) in [4.78, 5) is 18.6. The SMILES string of the molecule is COc1ccc(-c2noc(CN(C)C(=O)[C@H](C)Oc3ccc(Cl)c(C)c3)n2)c(OC)c1. The Kier molecular flexibility index (Phi) is 7.02. The van der Waals surface area contributed by atoms with Crippen molar-refractivity contribution in [2.24, 2.45) is 0 Å². The molecule has 1 aromatic heterocycles. The molecule has 2 aromatic carbocycles. The number of carbonyl (C=O) groups is 1. The van der Waals surface area contributed by atoms with Crippen molar-refractivity contribution in [1.29, 1.82) is 0 Å². The van der Waals surface area contributed by atoms with E-state index in [1.807, 2.05) is 6.92 Å². The third-order valence-electron chi connectivity index (χ3n) is 4.66. The molecule has 1 heterocycles. The number of hydrogen-bond acceptors (Lipinski definition) is 7. The second-order valence-electron chi connectivity index (χ2n) is 6.94. The summed E-state index contributed by atoms with van der Waals surface area (Å²) >= 11 is 6.03. The van der Waals surface area contributed by atoms with E-state index in [0.717, 1.165) is 5.56 Å². The first-order valence-electron chi connectivity index (χ1n) is 9.55. The highest BCUT2D eigenvalue weighted by atomic mass is 35.5. The van der Waals surface area contributed by atoms with Gasteiger partial charge in [-0.2, -0.15) is 4.98 Å². The van der Waals surface area contributed by atoms with Crippen LogP contribution in [0.2, 0.25) is 5.02 Å². The van der Waals surface area contributed by atoms with E-state index in [4.69, 9.17) is 30.3 Å². The summed E-state index contributed by atoms with van der Waals surface area (Å²) in [5.74, 6) is 2.20. The van der Waals surface area contributed by atoms with Gasteiger partial charge in [0, 0.05) is 18.1 Å². The van der Waals surface area contributed by atoms with E-state index in [2.05, 4.69) is 10.1 Å². The number of aryl methyl sites for hydroxylation is 1. The van der Waals surface area contributed by atoms with Crippen molar-refractivity contribution >= 4 is 17.5 Å². The van der Waals surface area contributed by atoms with Gasteiger partial charge in [0.25, 0.3) is 5.91 Å². The number of halogens is 1. The van der Waals surface area contributed by atoms with Crippen molar-refractivity contribution < 1.29 is 23.5 Å². The summed E-state index contributed by atoms with van der Waals surface area (Å²) < 4.78 is 21.7. The molecule has 0 spiro atoms. The van der Waals surface area contributed by atoms with E-state index >= 15 is 0 Å². The van der Waals surface area contributed by atoms with Gasteiger partial charge >= 0.3 is 0 Å². The largest absolute Gasteiger partial charge is 0.497 e.